The summed E-state index contributed by atoms with van der Waals surface area (Å²) in [6.45, 7) is 6.67. The monoisotopic (exact) mass is 220 g/mol. The molecule has 2 rings (SSSR count). The Bertz CT molecular complexity index is 326. The van der Waals surface area contributed by atoms with Gasteiger partial charge in [0.05, 0.1) is 0 Å². The molecule has 0 amide bonds. The number of ketones is 1. The molecule has 2 aliphatic rings. The number of rotatable bonds is 4. The van der Waals surface area contributed by atoms with Gasteiger partial charge < -0.3 is 0 Å². The fourth-order valence-corrected chi connectivity index (χ4v) is 3.57. The second-order valence-electron chi connectivity index (χ2n) is 5.77. The number of unbranched alkanes of at least 4 members (excludes halogenated alkanes) is 2. The average Bonchev–Trinajstić information content (AvgIpc) is 2.72. The Kier molecular flexibility index (Phi) is 3.23. The van der Waals surface area contributed by atoms with Gasteiger partial charge in [0.1, 0.15) is 0 Å². The summed E-state index contributed by atoms with van der Waals surface area (Å²) < 4.78 is 0. The van der Waals surface area contributed by atoms with E-state index in [0.717, 1.165) is 6.42 Å². The van der Waals surface area contributed by atoms with Gasteiger partial charge in [0.2, 0.25) is 0 Å². The van der Waals surface area contributed by atoms with Gasteiger partial charge in [-0.25, -0.2) is 0 Å². The molecule has 2 aliphatic carbocycles. The molecule has 0 N–H and O–H groups in total. The van der Waals surface area contributed by atoms with Crippen molar-refractivity contribution in [1.82, 2.24) is 0 Å². The summed E-state index contributed by atoms with van der Waals surface area (Å²) in [4.78, 5) is 12.3. The van der Waals surface area contributed by atoms with Crippen LogP contribution in [0.3, 0.4) is 0 Å². The smallest absolute Gasteiger partial charge is 0.162 e. The van der Waals surface area contributed by atoms with Crippen molar-refractivity contribution in [3.8, 4) is 0 Å². The summed E-state index contributed by atoms with van der Waals surface area (Å²) in [5, 5.41) is 0. The Morgan fingerprint density at radius 2 is 2.12 bits per heavy atom. The van der Waals surface area contributed by atoms with E-state index in [-0.39, 0.29) is 11.3 Å². The minimum atomic E-state index is 0.235. The van der Waals surface area contributed by atoms with E-state index in [9.17, 15) is 4.79 Å². The highest BCUT2D eigenvalue weighted by Gasteiger charge is 2.49. The molecular formula is C15H24O. The lowest BCUT2D eigenvalue weighted by Crippen LogP contribution is -2.23. The molecule has 2 atom stereocenters. The molecule has 0 aliphatic heterocycles. The first-order valence-corrected chi connectivity index (χ1v) is 6.88. The third-order valence-electron chi connectivity index (χ3n) is 4.85. The zero-order chi connectivity index (χ0) is 11.8. The van der Waals surface area contributed by atoms with Crippen LogP contribution >= 0.6 is 0 Å². The first kappa shape index (κ1) is 11.9. The molecule has 0 radical (unpaired) electrons. The molecule has 0 aromatic heterocycles. The van der Waals surface area contributed by atoms with Gasteiger partial charge in [-0.2, -0.15) is 0 Å². The van der Waals surface area contributed by atoms with Crippen molar-refractivity contribution in [2.24, 2.45) is 11.3 Å². The third-order valence-corrected chi connectivity index (χ3v) is 4.85. The quantitative estimate of drug-likeness (QED) is 0.646. The van der Waals surface area contributed by atoms with E-state index in [1.165, 1.54) is 49.7 Å². The Hall–Kier alpha value is -0.590. The van der Waals surface area contributed by atoms with Crippen molar-refractivity contribution < 1.29 is 4.79 Å². The molecule has 1 fully saturated rings. The zero-order valence-electron chi connectivity index (χ0n) is 10.9. The highest BCUT2D eigenvalue weighted by molar-refractivity contribution is 6.01. The van der Waals surface area contributed by atoms with Crippen molar-refractivity contribution >= 4 is 5.78 Å². The third kappa shape index (κ3) is 1.65. The fraction of sp³-hybridized carbons (Fsp3) is 0.800. The van der Waals surface area contributed by atoms with Crippen LogP contribution in [-0.2, 0) is 4.79 Å². The number of fused-ring (bicyclic) bond motifs is 1. The fourth-order valence-electron chi connectivity index (χ4n) is 3.57. The molecule has 0 aromatic carbocycles. The largest absolute Gasteiger partial charge is 0.294 e. The maximum absolute atomic E-state index is 12.3. The highest BCUT2D eigenvalue weighted by atomic mass is 16.1. The lowest BCUT2D eigenvalue weighted by atomic mass is 9.77. The van der Waals surface area contributed by atoms with Crippen molar-refractivity contribution in [2.75, 3.05) is 0 Å². The number of allylic oxidation sites excluding steroid dienone is 2. The van der Waals surface area contributed by atoms with Gasteiger partial charge in [-0.05, 0) is 43.1 Å². The van der Waals surface area contributed by atoms with E-state index in [2.05, 4.69) is 20.8 Å². The average molecular weight is 220 g/mol. The molecule has 0 heterocycles. The SMILES string of the molecule is CCCCCC1=C2CCCC2(C)C(C)C1=O. The summed E-state index contributed by atoms with van der Waals surface area (Å²) in [6.07, 6.45) is 8.45. The molecule has 16 heavy (non-hydrogen) atoms. The van der Waals surface area contributed by atoms with Gasteiger partial charge in [0.25, 0.3) is 0 Å². The Balaban J connectivity index is 2.18. The number of carbonyl (C=O) groups is 1. The predicted octanol–water partition coefficient (Wildman–Crippen LogP) is 4.27. The molecule has 0 aromatic rings. The van der Waals surface area contributed by atoms with E-state index < -0.39 is 0 Å². The number of Topliss-reactive ketones (excluding diaryl/α,β-unsaturated/α-hetero) is 1. The maximum atomic E-state index is 12.3. The standard InChI is InChI=1S/C15H24O/c1-4-5-6-8-12-13-9-7-10-15(13,3)11(2)14(12)16/h11H,4-10H2,1-3H3. The van der Waals surface area contributed by atoms with Crippen LogP contribution in [0, 0.1) is 11.3 Å². The van der Waals surface area contributed by atoms with Crippen molar-refractivity contribution in [1.29, 1.82) is 0 Å². The summed E-state index contributed by atoms with van der Waals surface area (Å²) in [5.41, 5.74) is 2.99. The van der Waals surface area contributed by atoms with E-state index in [4.69, 9.17) is 0 Å². The molecule has 1 heteroatoms. The second-order valence-corrected chi connectivity index (χ2v) is 5.77. The first-order chi connectivity index (χ1) is 7.61. The molecule has 0 saturated heterocycles. The second kappa shape index (κ2) is 4.35. The molecular weight excluding hydrogens is 196 g/mol. The molecule has 90 valence electrons. The van der Waals surface area contributed by atoms with Crippen molar-refractivity contribution in [2.45, 2.75) is 65.7 Å². The van der Waals surface area contributed by atoms with Crippen LogP contribution in [0.15, 0.2) is 11.1 Å². The van der Waals surface area contributed by atoms with Gasteiger partial charge in [0, 0.05) is 5.92 Å². The van der Waals surface area contributed by atoms with E-state index in [0.29, 0.717) is 5.78 Å². The lowest BCUT2D eigenvalue weighted by molar-refractivity contribution is -0.120. The molecule has 1 nitrogen and oxygen atoms in total. The number of hydrogen-bond acceptors (Lipinski definition) is 1. The van der Waals surface area contributed by atoms with Crippen LogP contribution in [0.4, 0.5) is 0 Å². The van der Waals surface area contributed by atoms with Gasteiger partial charge in [0.15, 0.2) is 5.78 Å². The topological polar surface area (TPSA) is 17.1 Å². The summed E-state index contributed by atoms with van der Waals surface area (Å²) in [6, 6.07) is 0. The van der Waals surface area contributed by atoms with Gasteiger partial charge in [-0.3, -0.25) is 4.79 Å². The van der Waals surface area contributed by atoms with Crippen LogP contribution < -0.4 is 0 Å². The number of hydrogen-bond donors (Lipinski definition) is 0. The van der Waals surface area contributed by atoms with Crippen LogP contribution in [0.5, 0.6) is 0 Å². The summed E-state index contributed by atoms with van der Waals surface area (Å²) >= 11 is 0. The minimum Gasteiger partial charge on any atom is -0.294 e. The van der Waals surface area contributed by atoms with Crippen LogP contribution in [-0.4, -0.2) is 5.78 Å². The van der Waals surface area contributed by atoms with E-state index in [1.807, 2.05) is 0 Å². The Labute approximate surface area is 99.3 Å². The van der Waals surface area contributed by atoms with Gasteiger partial charge >= 0.3 is 0 Å². The van der Waals surface area contributed by atoms with Crippen molar-refractivity contribution in [3.63, 3.8) is 0 Å². The van der Waals surface area contributed by atoms with Gasteiger partial charge in [-0.1, -0.05) is 39.2 Å². The summed E-state index contributed by atoms with van der Waals surface area (Å²) in [7, 11) is 0. The lowest BCUT2D eigenvalue weighted by Gasteiger charge is -2.25. The van der Waals surface area contributed by atoms with Crippen LogP contribution in [0.2, 0.25) is 0 Å². The number of carbonyl (C=O) groups excluding carboxylic acids is 1. The Morgan fingerprint density at radius 1 is 1.38 bits per heavy atom. The first-order valence-electron chi connectivity index (χ1n) is 6.88. The summed E-state index contributed by atoms with van der Waals surface area (Å²) in [5.74, 6) is 0.718. The zero-order valence-corrected chi connectivity index (χ0v) is 10.9. The van der Waals surface area contributed by atoms with Crippen LogP contribution in [0.25, 0.3) is 0 Å². The van der Waals surface area contributed by atoms with E-state index >= 15 is 0 Å². The highest BCUT2D eigenvalue weighted by Crippen LogP contribution is 2.55. The normalized spacial score (nSPS) is 33.7. The Morgan fingerprint density at radius 3 is 2.81 bits per heavy atom. The molecule has 1 saturated carbocycles. The predicted molar refractivity (Wildman–Crippen MR) is 67.3 cm³/mol. The molecule has 0 spiro atoms. The maximum Gasteiger partial charge on any atom is 0.162 e. The van der Waals surface area contributed by atoms with Crippen LogP contribution in [0.1, 0.15) is 65.7 Å². The van der Waals surface area contributed by atoms with Crippen molar-refractivity contribution in [3.05, 3.63) is 11.1 Å². The van der Waals surface area contributed by atoms with Gasteiger partial charge in [-0.15, -0.1) is 0 Å². The molecule has 0 bridgehead atoms. The molecule has 2 unspecified atom stereocenters. The minimum absolute atomic E-state index is 0.235. The van der Waals surface area contributed by atoms with E-state index in [1.54, 1.807) is 0 Å².